The van der Waals surface area contributed by atoms with Gasteiger partial charge >= 0.3 is 0 Å². The van der Waals surface area contributed by atoms with Crippen LogP contribution >= 0.6 is 11.6 Å². The quantitative estimate of drug-likeness (QED) is 0.667. The van der Waals surface area contributed by atoms with Gasteiger partial charge in [-0.3, -0.25) is 0 Å². The number of imidazole rings is 1. The molecule has 0 aliphatic heterocycles. The molecule has 0 radical (unpaired) electrons. The molecule has 3 aromatic heterocycles. The maximum atomic E-state index is 5.94. The van der Waals surface area contributed by atoms with Crippen molar-refractivity contribution in [3.63, 3.8) is 0 Å². The van der Waals surface area contributed by atoms with Crippen LogP contribution in [0.2, 0.25) is 5.28 Å². The van der Waals surface area contributed by atoms with Crippen LogP contribution in [0.15, 0.2) is 24.5 Å². The zero-order chi connectivity index (χ0) is 17.0. The van der Waals surface area contributed by atoms with Gasteiger partial charge in [0.15, 0.2) is 5.65 Å². The van der Waals surface area contributed by atoms with E-state index in [0.717, 1.165) is 22.8 Å². The summed E-state index contributed by atoms with van der Waals surface area (Å²) in [6, 6.07) is 3.77. The average molecular weight is 356 g/mol. The number of fused-ring (bicyclic) bond motifs is 1. The predicted octanol–water partition coefficient (Wildman–Crippen LogP) is 3.90. The summed E-state index contributed by atoms with van der Waals surface area (Å²) in [6.45, 7) is 0. The van der Waals surface area contributed by atoms with Crippen LogP contribution in [-0.4, -0.2) is 31.7 Å². The van der Waals surface area contributed by atoms with E-state index in [1.54, 1.807) is 19.5 Å². The molecule has 128 valence electrons. The van der Waals surface area contributed by atoms with Gasteiger partial charge in [-0.05, 0) is 48.8 Å². The number of aromatic nitrogens is 5. The van der Waals surface area contributed by atoms with Gasteiger partial charge in [0.05, 0.1) is 19.0 Å². The molecule has 0 amide bonds. The first-order valence-corrected chi connectivity index (χ1v) is 8.97. The van der Waals surface area contributed by atoms with E-state index in [4.69, 9.17) is 21.4 Å². The lowest BCUT2D eigenvalue weighted by molar-refractivity contribution is 0.00648. The smallest absolute Gasteiger partial charge is 0.222 e. The van der Waals surface area contributed by atoms with Gasteiger partial charge in [-0.25, -0.2) is 19.5 Å². The van der Waals surface area contributed by atoms with E-state index in [0.29, 0.717) is 17.0 Å². The summed E-state index contributed by atoms with van der Waals surface area (Å²) < 4.78 is 7.44. The summed E-state index contributed by atoms with van der Waals surface area (Å²) >= 11 is 5.94. The fourth-order valence-corrected chi connectivity index (χ4v) is 4.42. The molecule has 2 saturated carbocycles. The highest BCUT2D eigenvalue weighted by Gasteiger charge is 2.49. The maximum absolute atomic E-state index is 5.94. The highest BCUT2D eigenvalue weighted by molar-refractivity contribution is 6.28. The molecule has 0 saturated heterocycles. The van der Waals surface area contributed by atoms with Gasteiger partial charge in [-0.1, -0.05) is 6.42 Å². The van der Waals surface area contributed by atoms with Gasteiger partial charge in [0.2, 0.25) is 5.28 Å². The van der Waals surface area contributed by atoms with Crippen molar-refractivity contribution in [2.45, 2.75) is 38.0 Å². The third-order valence-electron chi connectivity index (χ3n) is 5.75. The summed E-state index contributed by atoms with van der Waals surface area (Å²) in [5, 5.41) is 5.10. The van der Waals surface area contributed by atoms with Crippen molar-refractivity contribution in [3.05, 3.63) is 35.5 Å². The van der Waals surface area contributed by atoms with Crippen LogP contribution in [0.5, 0.6) is 5.75 Å². The Balaban J connectivity index is 1.59. The van der Waals surface area contributed by atoms with E-state index in [2.05, 4.69) is 15.0 Å². The number of hydrogen-bond acceptors (Lipinski definition) is 5. The van der Waals surface area contributed by atoms with E-state index in [1.807, 2.05) is 16.6 Å². The van der Waals surface area contributed by atoms with Crippen LogP contribution in [0.3, 0.4) is 0 Å². The molecule has 0 N–H and O–H groups in total. The molecule has 5 rings (SSSR count). The highest BCUT2D eigenvalue weighted by Crippen LogP contribution is 2.62. The zero-order valence-electron chi connectivity index (χ0n) is 13.9. The second-order valence-corrected chi connectivity index (χ2v) is 7.52. The van der Waals surface area contributed by atoms with E-state index >= 15 is 0 Å². The summed E-state index contributed by atoms with van der Waals surface area (Å²) in [5.74, 6) is 1.29. The lowest BCUT2D eigenvalue weighted by atomic mass is 9.51. The first-order valence-electron chi connectivity index (χ1n) is 8.59. The second kappa shape index (κ2) is 5.39. The van der Waals surface area contributed by atoms with Crippen LogP contribution in [0, 0.1) is 5.41 Å². The minimum atomic E-state index is 0.215. The summed E-state index contributed by atoms with van der Waals surface area (Å²) in [5.41, 5.74) is 3.86. The Morgan fingerprint density at radius 1 is 1.28 bits per heavy atom. The molecule has 1 spiro atoms. The second-order valence-electron chi connectivity index (χ2n) is 7.18. The van der Waals surface area contributed by atoms with Gasteiger partial charge in [0.1, 0.15) is 17.1 Å². The van der Waals surface area contributed by atoms with Crippen molar-refractivity contribution < 1.29 is 4.74 Å². The molecule has 2 aliphatic carbocycles. The van der Waals surface area contributed by atoms with E-state index in [1.165, 1.54) is 32.1 Å². The van der Waals surface area contributed by atoms with E-state index in [-0.39, 0.29) is 5.28 Å². The Bertz CT molecular complexity index is 957. The van der Waals surface area contributed by atoms with Crippen molar-refractivity contribution >= 4 is 17.2 Å². The fourth-order valence-electron chi connectivity index (χ4n) is 4.27. The molecule has 0 aromatic carbocycles. The molecule has 3 heterocycles. The largest absolute Gasteiger partial charge is 0.495 e. The molecule has 7 heteroatoms. The fraction of sp³-hybridized carbons (Fsp3) is 0.444. The Morgan fingerprint density at radius 2 is 2.12 bits per heavy atom. The van der Waals surface area contributed by atoms with Crippen LogP contribution in [0.4, 0.5) is 0 Å². The van der Waals surface area contributed by atoms with Crippen molar-refractivity contribution in [1.29, 1.82) is 0 Å². The Labute approximate surface area is 150 Å². The molecular formula is C18H18ClN5O. The van der Waals surface area contributed by atoms with Gasteiger partial charge in [0, 0.05) is 18.2 Å². The average Bonchev–Trinajstić information content (AvgIpc) is 2.94. The number of methoxy groups -OCH3 is 1. The SMILES string of the molecule is COc1cc2ncc(-c3ccnc(Cl)n3)n2nc1C1CC2(CCC2)C1. The number of ether oxygens (including phenoxy) is 1. The molecule has 0 bridgehead atoms. The summed E-state index contributed by atoms with van der Waals surface area (Å²) in [4.78, 5) is 12.7. The van der Waals surface area contributed by atoms with Crippen LogP contribution in [0.1, 0.15) is 43.7 Å². The van der Waals surface area contributed by atoms with Gasteiger partial charge in [0.25, 0.3) is 0 Å². The van der Waals surface area contributed by atoms with Crippen LogP contribution < -0.4 is 4.74 Å². The Hall–Kier alpha value is -2.21. The number of halogens is 1. The topological polar surface area (TPSA) is 65.2 Å². The van der Waals surface area contributed by atoms with Crippen molar-refractivity contribution in [2.24, 2.45) is 5.41 Å². The van der Waals surface area contributed by atoms with E-state index in [9.17, 15) is 0 Å². The first kappa shape index (κ1) is 15.1. The lowest BCUT2D eigenvalue weighted by Crippen LogP contribution is -2.41. The number of hydrogen-bond donors (Lipinski definition) is 0. The van der Waals surface area contributed by atoms with Gasteiger partial charge < -0.3 is 4.74 Å². The first-order chi connectivity index (χ1) is 12.2. The molecule has 25 heavy (non-hydrogen) atoms. The highest BCUT2D eigenvalue weighted by atomic mass is 35.5. The monoisotopic (exact) mass is 355 g/mol. The normalized spacial score (nSPS) is 19.0. The lowest BCUT2D eigenvalue weighted by Gasteiger charge is -2.54. The molecule has 3 aromatic rings. The molecule has 6 nitrogen and oxygen atoms in total. The van der Waals surface area contributed by atoms with Crippen LogP contribution in [-0.2, 0) is 0 Å². The minimum Gasteiger partial charge on any atom is -0.495 e. The molecule has 0 unspecified atom stereocenters. The molecule has 2 fully saturated rings. The zero-order valence-corrected chi connectivity index (χ0v) is 14.7. The molecule has 2 aliphatic rings. The number of nitrogens with zero attached hydrogens (tertiary/aromatic N) is 5. The minimum absolute atomic E-state index is 0.215. The maximum Gasteiger partial charge on any atom is 0.222 e. The van der Waals surface area contributed by atoms with Crippen molar-refractivity contribution in [3.8, 4) is 17.1 Å². The Kier molecular flexibility index (Phi) is 3.25. The Morgan fingerprint density at radius 3 is 2.80 bits per heavy atom. The standard InChI is InChI=1S/C18H18ClN5O/c1-25-14-7-15-21-10-13(12-3-6-20-17(19)22-12)24(15)23-16(14)11-8-18(9-11)4-2-5-18/h3,6-7,10-11H,2,4-5,8-9H2,1H3. The van der Waals surface area contributed by atoms with E-state index < -0.39 is 0 Å². The van der Waals surface area contributed by atoms with Crippen LogP contribution in [0.25, 0.3) is 17.0 Å². The van der Waals surface area contributed by atoms with Crippen molar-refractivity contribution in [1.82, 2.24) is 24.6 Å². The van der Waals surface area contributed by atoms with Gasteiger partial charge in [-0.2, -0.15) is 5.10 Å². The number of rotatable bonds is 3. The predicted molar refractivity (Wildman–Crippen MR) is 93.8 cm³/mol. The summed E-state index contributed by atoms with van der Waals surface area (Å²) in [7, 11) is 1.70. The molecular weight excluding hydrogens is 338 g/mol. The van der Waals surface area contributed by atoms with Gasteiger partial charge in [-0.15, -0.1) is 0 Å². The van der Waals surface area contributed by atoms with Crippen molar-refractivity contribution in [2.75, 3.05) is 7.11 Å². The third-order valence-corrected chi connectivity index (χ3v) is 5.94. The molecule has 0 atom stereocenters. The third kappa shape index (κ3) is 2.31. The summed E-state index contributed by atoms with van der Waals surface area (Å²) in [6.07, 6.45) is 9.93.